The zero-order valence-corrected chi connectivity index (χ0v) is 11.9. The van der Waals surface area contributed by atoms with E-state index < -0.39 is 10.9 Å². The Bertz CT molecular complexity index is 464. The average Bonchev–Trinajstić information content (AvgIpc) is 2.26. The summed E-state index contributed by atoms with van der Waals surface area (Å²) in [6.45, 7) is 2.35. The third-order valence-corrected chi connectivity index (χ3v) is 3.22. The van der Waals surface area contributed by atoms with Crippen LogP contribution in [0.5, 0.6) is 0 Å². The standard InChI is InChI=1S/C11H13IN2O4/c1-7(4-11(15)16)6-13-10-3-2-8(14(17)18)5-9(10)12/h2-3,5,7,13H,4,6H2,1H3,(H,15,16). The minimum Gasteiger partial charge on any atom is -0.481 e. The minimum atomic E-state index is -0.831. The molecule has 1 unspecified atom stereocenters. The van der Waals surface area contributed by atoms with Crippen molar-refractivity contribution in [3.8, 4) is 0 Å². The number of carboxylic acid groups (broad SMARTS) is 1. The van der Waals surface area contributed by atoms with Gasteiger partial charge in [-0.3, -0.25) is 14.9 Å². The quantitative estimate of drug-likeness (QED) is 0.460. The fourth-order valence-corrected chi connectivity index (χ4v) is 2.10. The number of nitro groups is 1. The molecule has 0 bridgehead atoms. The second kappa shape index (κ2) is 6.53. The smallest absolute Gasteiger partial charge is 0.303 e. The molecular weight excluding hydrogens is 351 g/mol. The number of hydrogen-bond acceptors (Lipinski definition) is 4. The summed E-state index contributed by atoms with van der Waals surface area (Å²) in [5, 5.41) is 22.3. The number of non-ortho nitro benzene ring substituents is 1. The Morgan fingerprint density at radius 2 is 2.28 bits per heavy atom. The number of aliphatic carboxylic acids is 1. The molecule has 0 saturated heterocycles. The Labute approximate surface area is 118 Å². The molecule has 0 radical (unpaired) electrons. The van der Waals surface area contributed by atoms with Crippen LogP contribution < -0.4 is 5.32 Å². The van der Waals surface area contributed by atoms with E-state index in [2.05, 4.69) is 5.32 Å². The predicted octanol–water partition coefficient (Wildman–Crippen LogP) is 2.72. The number of nitro benzene ring substituents is 1. The van der Waals surface area contributed by atoms with Gasteiger partial charge in [-0.05, 0) is 34.6 Å². The zero-order valence-electron chi connectivity index (χ0n) is 9.72. The molecule has 6 nitrogen and oxygen atoms in total. The molecule has 0 aliphatic carbocycles. The summed E-state index contributed by atoms with van der Waals surface area (Å²) in [4.78, 5) is 20.6. The van der Waals surface area contributed by atoms with Crippen molar-refractivity contribution in [2.24, 2.45) is 5.92 Å². The molecule has 0 heterocycles. The summed E-state index contributed by atoms with van der Waals surface area (Å²) in [6, 6.07) is 4.53. The van der Waals surface area contributed by atoms with Crippen LogP contribution in [0.15, 0.2) is 18.2 Å². The Hall–Kier alpha value is -1.38. The number of halogens is 1. The first kappa shape index (κ1) is 14.7. The zero-order chi connectivity index (χ0) is 13.7. The van der Waals surface area contributed by atoms with Gasteiger partial charge >= 0.3 is 5.97 Å². The van der Waals surface area contributed by atoms with Crippen molar-refractivity contribution in [1.82, 2.24) is 0 Å². The van der Waals surface area contributed by atoms with Gasteiger partial charge in [0.25, 0.3) is 5.69 Å². The van der Waals surface area contributed by atoms with Crippen LogP contribution in [0.4, 0.5) is 11.4 Å². The van der Waals surface area contributed by atoms with Crippen LogP contribution in [0.2, 0.25) is 0 Å². The third-order valence-electron chi connectivity index (χ3n) is 2.33. The van der Waals surface area contributed by atoms with Gasteiger partial charge in [-0.1, -0.05) is 6.92 Å². The molecule has 1 rings (SSSR count). The van der Waals surface area contributed by atoms with Gasteiger partial charge in [-0.15, -0.1) is 0 Å². The van der Waals surface area contributed by atoms with Crippen LogP contribution in [0.3, 0.4) is 0 Å². The summed E-state index contributed by atoms with van der Waals surface area (Å²) in [5.41, 5.74) is 0.821. The molecule has 18 heavy (non-hydrogen) atoms. The van der Waals surface area contributed by atoms with Gasteiger partial charge in [0, 0.05) is 34.4 Å². The van der Waals surface area contributed by atoms with E-state index in [-0.39, 0.29) is 18.0 Å². The van der Waals surface area contributed by atoms with E-state index in [1.54, 1.807) is 6.07 Å². The van der Waals surface area contributed by atoms with E-state index in [1.807, 2.05) is 29.5 Å². The van der Waals surface area contributed by atoms with Crippen molar-refractivity contribution in [3.05, 3.63) is 31.9 Å². The van der Waals surface area contributed by atoms with Crippen molar-refractivity contribution in [1.29, 1.82) is 0 Å². The molecule has 98 valence electrons. The van der Waals surface area contributed by atoms with E-state index in [0.29, 0.717) is 6.54 Å². The van der Waals surface area contributed by atoms with E-state index >= 15 is 0 Å². The minimum absolute atomic E-state index is 0.00603. The molecule has 2 N–H and O–H groups in total. The molecule has 0 saturated carbocycles. The molecular formula is C11H13IN2O4. The number of anilines is 1. The number of hydrogen-bond donors (Lipinski definition) is 2. The van der Waals surface area contributed by atoms with Crippen LogP contribution in [0.25, 0.3) is 0 Å². The first-order chi connectivity index (χ1) is 8.40. The lowest BCUT2D eigenvalue weighted by atomic mass is 10.1. The van der Waals surface area contributed by atoms with Crippen LogP contribution in [0.1, 0.15) is 13.3 Å². The van der Waals surface area contributed by atoms with Crippen molar-refractivity contribution >= 4 is 39.9 Å². The largest absolute Gasteiger partial charge is 0.481 e. The van der Waals surface area contributed by atoms with Gasteiger partial charge in [0.05, 0.1) is 4.92 Å². The van der Waals surface area contributed by atoms with Gasteiger partial charge in [-0.2, -0.15) is 0 Å². The molecule has 1 aromatic carbocycles. The second-order valence-corrected chi connectivity index (χ2v) is 5.17. The maximum atomic E-state index is 10.6. The number of carbonyl (C=O) groups is 1. The fourth-order valence-electron chi connectivity index (χ4n) is 1.42. The summed E-state index contributed by atoms with van der Waals surface area (Å²) in [5.74, 6) is -0.837. The molecule has 0 aromatic heterocycles. The third kappa shape index (κ3) is 4.47. The highest BCUT2D eigenvalue weighted by molar-refractivity contribution is 14.1. The molecule has 0 spiro atoms. The number of nitrogens with one attached hydrogen (secondary N) is 1. The molecule has 0 fully saturated rings. The highest BCUT2D eigenvalue weighted by atomic mass is 127. The van der Waals surface area contributed by atoms with Gasteiger partial charge < -0.3 is 10.4 Å². The molecule has 0 aliphatic heterocycles. The first-order valence-corrected chi connectivity index (χ1v) is 6.37. The molecule has 7 heteroatoms. The van der Waals surface area contributed by atoms with Crippen LogP contribution >= 0.6 is 22.6 Å². The van der Waals surface area contributed by atoms with Gasteiger partial charge in [-0.25, -0.2) is 0 Å². The number of nitrogens with zero attached hydrogens (tertiary/aromatic N) is 1. The first-order valence-electron chi connectivity index (χ1n) is 5.29. The normalized spacial score (nSPS) is 11.9. The molecule has 1 atom stereocenters. The van der Waals surface area contributed by atoms with Gasteiger partial charge in [0.2, 0.25) is 0 Å². The van der Waals surface area contributed by atoms with Crippen molar-refractivity contribution in [2.45, 2.75) is 13.3 Å². The Balaban J connectivity index is 2.63. The number of benzene rings is 1. The van der Waals surface area contributed by atoms with Crippen LogP contribution in [-0.4, -0.2) is 22.5 Å². The second-order valence-electron chi connectivity index (χ2n) is 4.01. The lowest BCUT2D eigenvalue weighted by Crippen LogP contribution is -2.15. The molecule has 0 aliphatic rings. The summed E-state index contributed by atoms with van der Waals surface area (Å²) in [6.07, 6.45) is 0.0938. The Morgan fingerprint density at radius 1 is 1.61 bits per heavy atom. The Morgan fingerprint density at radius 3 is 2.78 bits per heavy atom. The summed E-state index contributed by atoms with van der Waals surface area (Å²) >= 11 is 2.01. The fraction of sp³-hybridized carbons (Fsp3) is 0.364. The predicted molar refractivity (Wildman–Crippen MR) is 75.7 cm³/mol. The summed E-state index contributed by atoms with van der Waals surface area (Å²) < 4.78 is 0.740. The van der Waals surface area contributed by atoms with E-state index in [4.69, 9.17) is 5.11 Å². The van der Waals surface area contributed by atoms with Crippen LogP contribution in [-0.2, 0) is 4.79 Å². The van der Waals surface area contributed by atoms with E-state index in [1.165, 1.54) is 12.1 Å². The van der Waals surface area contributed by atoms with Crippen LogP contribution in [0, 0.1) is 19.6 Å². The summed E-state index contributed by atoms with van der Waals surface area (Å²) in [7, 11) is 0. The van der Waals surface area contributed by atoms with Crippen molar-refractivity contribution in [3.63, 3.8) is 0 Å². The SMILES string of the molecule is CC(CNc1ccc([N+](=O)[O-])cc1I)CC(=O)O. The number of carboxylic acids is 1. The highest BCUT2D eigenvalue weighted by Gasteiger charge is 2.11. The highest BCUT2D eigenvalue weighted by Crippen LogP contribution is 2.23. The van der Waals surface area contributed by atoms with Gasteiger partial charge in [0.1, 0.15) is 0 Å². The van der Waals surface area contributed by atoms with Gasteiger partial charge in [0.15, 0.2) is 0 Å². The van der Waals surface area contributed by atoms with E-state index in [0.717, 1.165) is 9.26 Å². The lowest BCUT2D eigenvalue weighted by molar-refractivity contribution is -0.384. The maximum Gasteiger partial charge on any atom is 0.303 e. The van der Waals surface area contributed by atoms with E-state index in [9.17, 15) is 14.9 Å². The number of rotatable bonds is 6. The average molecular weight is 364 g/mol. The van der Waals surface area contributed by atoms with Crippen molar-refractivity contribution < 1.29 is 14.8 Å². The maximum absolute atomic E-state index is 10.6. The molecule has 1 aromatic rings. The monoisotopic (exact) mass is 364 g/mol. The Kier molecular flexibility index (Phi) is 5.32. The topological polar surface area (TPSA) is 92.5 Å². The van der Waals surface area contributed by atoms with Crippen molar-refractivity contribution in [2.75, 3.05) is 11.9 Å². The molecule has 0 amide bonds. The lowest BCUT2D eigenvalue weighted by Gasteiger charge is -2.12.